The third kappa shape index (κ3) is 7.50. The van der Waals surface area contributed by atoms with E-state index in [-0.39, 0.29) is 46.7 Å². The maximum absolute atomic E-state index is 13.8. The van der Waals surface area contributed by atoms with Gasteiger partial charge in [0, 0.05) is 35.7 Å². The molecule has 5 rings (SSSR count). The fourth-order valence-corrected chi connectivity index (χ4v) is 5.56. The average molecular weight is 660 g/mol. The molecule has 0 atom stereocenters. The van der Waals surface area contributed by atoms with Gasteiger partial charge in [-0.1, -0.05) is 55.8 Å². The third-order valence-electron chi connectivity index (χ3n) is 7.69. The van der Waals surface area contributed by atoms with Crippen LogP contribution in [0.2, 0.25) is 5.02 Å². The first-order chi connectivity index (χ1) is 22.7. The number of H-pyrrole nitrogens is 1. The quantitative estimate of drug-likeness (QED) is 0.106. The number of halogens is 2. The Hall–Kier alpha value is -5.07. The van der Waals surface area contributed by atoms with Gasteiger partial charge in [0.2, 0.25) is 5.91 Å². The molecule has 1 aliphatic heterocycles. The van der Waals surface area contributed by atoms with E-state index < -0.39 is 17.7 Å². The molecular formula is C34H35ClFN7O4. The maximum atomic E-state index is 13.8. The van der Waals surface area contributed by atoms with Crippen LogP contribution >= 0.6 is 11.6 Å². The van der Waals surface area contributed by atoms with Crippen LogP contribution in [0.1, 0.15) is 48.1 Å². The first-order valence-electron chi connectivity index (χ1n) is 15.3. The fraction of sp³-hybridized carbons (Fsp3) is 0.265. The number of ether oxygens (including phenoxy) is 1. The van der Waals surface area contributed by atoms with Crippen LogP contribution in [-0.4, -0.2) is 70.4 Å². The maximum Gasteiger partial charge on any atom is 0.340 e. The molecule has 4 N–H and O–H groups in total. The van der Waals surface area contributed by atoms with Crippen LogP contribution in [0, 0.1) is 5.82 Å². The lowest BCUT2D eigenvalue weighted by atomic mass is 9.97. The fourth-order valence-electron chi connectivity index (χ4n) is 5.37. The van der Waals surface area contributed by atoms with Crippen molar-refractivity contribution in [3.8, 4) is 11.1 Å². The zero-order chi connectivity index (χ0) is 33.5. The molecule has 0 aliphatic carbocycles. The number of benzene rings is 2. The number of nitrogens with one attached hydrogen (secondary N) is 4. The van der Waals surface area contributed by atoms with Crippen molar-refractivity contribution >= 4 is 58.4 Å². The van der Waals surface area contributed by atoms with Gasteiger partial charge < -0.3 is 30.6 Å². The Morgan fingerprint density at radius 1 is 1.06 bits per heavy atom. The van der Waals surface area contributed by atoms with Crippen molar-refractivity contribution in [2.24, 2.45) is 0 Å². The van der Waals surface area contributed by atoms with Crippen LogP contribution in [0.25, 0.3) is 22.8 Å². The van der Waals surface area contributed by atoms with Gasteiger partial charge in [-0.3, -0.25) is 9.59 Å². The molecule has 11 nitrogen and oxygen atoms in total. The Morgan fingerprint density at radius 2 is 1.83 bits per heavy atom. The van der Waals surface area contributed by atoms with Crippen molar-refractivity contribution in [3.05, 3.63) is 88.2 Å². The molecule has 1 aliphatic rings. The van der Waals surface area contributed by atoms with Crippen molar-refractivity contribution in [3.63, 3.8) is 0 Å². The highest BCUT2D eigenvalue weighted by atomic mass is 35.5. The summed E-state index contributed by atoms with van der Waals surface area (Å²) in [5.41, 5.74) is 3.10. The van der Waals surface area contributed by atoms with E-state index >= 15 is 0 Å². The zero-order valence-electron chi connectivity index (χ0n) is 26.2. The number of fused-ring (bicyclic) bond motifs is 1. The monoisotopic (exact) mass is 659 g/mol. The molecule has 0 unspecified atom stereocenters. The van der Waals surface area contributed by atoms with Crippen LogP contribution in [0.4, 0.5) is 21.7 Å². The molecule has 0 radical (unpaired) electrons. The molecule has 3 heterocycles. The van der Waals surface area contributed by atoms with Crippen molar-refractivity contribution in [1.82, 2.24) is 25.2 Å². The Labute approximate surface area is 276 Å². The summed E-state index contributed by atoms with van der Waals surface area (Å²) in [6.45, 7) is 8.82. The molecule has 2 aromatic carbocycles. The number of hydrogen-bond acceptors (Lipinski definition) is 8. The number of likely N-dealkylation sites (N-methyl/N-ethyl adjacent to an activating group) is 1. The summed E-state index contributed by atoms with van der Waals surface area (Å²) in [5.74, 6) is -1.37. The first kappa shape index (κ1) is 33.3. The largest absolute Gasteiger partial charge is 0.462 e. The molecule has 13 heteroatoms. The Balaban J connectivity index is 1.60. The highest BCUT2D eigenvalue weighted by molar-refractivity contribution is 6.36. The van der Waals surface area contributed by atoms with Crippen LogP contribution in [0.5, 0.6) is 0 Å². The molecule has 0 spiro atoms. The van der Waals surface area contributed by atoms with Gasteiger partial charge in [0.25, 0.3) is 5.91 Å². The zero-order valence-corrected chi connectivity index (χ0v) is 27.0. The molecule has 244 valence electrons. The minimum absolute atomic E-state index is 0.0827. The van der Waals surface area contributed by atoms with Gasteiger partial charge in [0.15, 0.2) is 0 Å². The predicted octanol–water partition coefficient (Wildman–Crippen LogP) is 5.68. The van der Waals surface area contributed by atoms with E-state index in [9.17, 15) is 18.8 Å². The molecular weight excluding hydrogens is 625 g/mol. The smallest absolute Gasteiger partial charge is 0.340 e. The molecule has 0 bridgehead atoms. The topological polar surface area (TPSA) is 141 Å². The number of nitrogens with zero attached hydrogens (tertiary/aromatic N) is 3. The Kier molecular flexibility index (Phi) is 10.6. The highest BCUT2D eigenvalue weighted by Crippen LogP contribution is 2.40. The van der Waals surface area contributed by atoms with Gasteiger partial charge in [0.05, 0.1) is 34.8 Å². The summed E-state index contributed by atoms with van der Waals surface area (Å²) < 4.78 is 19.3. The summed E-state index contributed by atoms with van der Waals surface area (Å²) in [6, 6.07) is 13.3. The predicted molar refractivity (Wildman–Crippen MR) is 180 cm³/mol. The summed E-state index contributed by atoms with van der Waals surface area (Å²) in [4.78, 5) is 54.1. The van der Waals surface area contributed by atoms with Crippen LogP contribution in [-0.2, 0) is 20.7 Å². The van der Waals surface area contributed by atoms with Gasteiger partial charge in [-0.2, -0.15) is 0 Å². The number of rotatable bonds is 13. The second-order valence-corrected chi connectivity index (χ2v) is 11.0. The van der Waals surface area contributed by atoms with E-state index in [1.54, 1.807) is 13.0 Å². The number of esters is 1. The number of hydrogen-bond donors (Lipinski definition) is 4. The SMILES string of the molecule is CCOC(=O)c1c(CC(=O)NCCN(CC)CC)[nH]c(/C=C2\C(=O)Nc3ncnc(Nc4ccc(F)c(Cl)c4)c32)c1-c1ccccc1. The molecule has 0 fully saturated rings. The van der Waals surface area contributed by atoms with Gasteiger partial charge in [-0.05, 0) is 49.9 Å². The normalized spacial score (nSPS) is 13.1. The molecule has 2 aromatic heterocycles. The Morgan fingerprint density at radius 3 is 2.53 bits per heavy atom. The number of anilines is 3. The van der Waals surface area contributed by atoms with Gasteiger partial charge in [-0.15, -0.1) is 0 Å². The number of carbonyl (C=O) groups is 3. The molecule has 0 saturated heterocycles. The lowest BCUT2D eigenvalue weighted by Crippen LogP contribution is -2.35. The average Bonchev–Trinajstić information content (AvgIpc) is 3.58. The Bertz CT molecular complexity index is 1820. The molecule has 0 saturated carbocycles. The second kappa shape index (κ2) is 15.0. The van der Waals surface area contributed by atoms with E-state index in [0.29, 0.717) is 46.9 Å². The summed E-state index contributed by atoms with van der Waals surface area (Å²) in [5, 5.41) is 8.70. The second-order valence-electron chi connectivity index (χ2n) is 10.6. The lowest BCUT2D eigenvalue weighted by Gasteiger charge is -2.17. The number of aromatic amines is 1. The van der Waals surface area contributed by atoms with E-state index in [2.05, 4.69) is 49.6 Å². The van der Waals surface area contributed by atoms with E-state index in [1.165, 1.54) is 24.5 Å². The third-order valence-corrected chi connectivity index (χ3v) is 7.98. The van der Waals surface area contributed by atoms with E-state index in [0.717, 1.165) is 13.1 Å². The van der Waals surface area contributed by atoms with Crippen molar-refractivity contribution in [2.75, 3.05) is 43.4 Å². The van der Waals surface area contributed by atoms with Crippen molar-refractivity contribution in [1.29, 1.82) is 0 Å². The standard InChI is InChI=1S/C34H35ClFN7O4/c1-4-43(5-2)15-14-37-27(44)18-26-30(34(46)47-6-3)28(20-10-8-7-9-11-20)25(41-26)17-22-29-31(38-19-39-32(29)42-33(22)45)40-21-12-13-24(36)23(35)16-21/h7-13,16-17,19,41H,4-6,14-15,18H2,1-3H3,(H,37,44)(H2,38,39,40,42,45)/b22-17-. The summed E-state index contributed by atoms with van der Waals surface area (Å²) in [7, 11) is 0. The summed E-state index contributed by atoms with van der Waals surface area (Å²) in [6.07, 6.45) is 2.76. The van der Waals surface area contributed by atoms with Crippen LogP contribution < -0.4 is 16.0 Å². The van der Waals surface area contributed by atoms with Crippen LogP contribution in [0.3, 0.4) is 0 Å². The lowest BCUT2D eigenvalue weighted by molar-refractivity contribution is -0.120. The first-order valence-corrected chi connectivity index (χ1v) is 15.7. The minimum Gasteiger partial charge on any atom is -0.462 e. The number of amides is 2. The number of carbonyl (C=O) groups excluding carboxylic acids is 3. The van der Waals surface area contributed by atoms with E-state index in [1.807, 2.05) is 30.3 Å². The molecule has 47 heavy (non-hydrogen) atoms. The minimum atomic E-state index is -0.603. The van der Waals surface area contributed by atoms with Crippen LogP contribution in [0.15, 0.2) is 54.9 Å². The van der Waals surface area contributed by atoms with Gasteiger partial charge in [-0.25, -0.2) is 19.2 Å². The highest BCUT2D eigenvalue weighted by Gasteiger charge is 2.32. The van der Waals surface area contributed by atoms with Crippen molar-refractivity contribution in [2.45, 2.75) is 27.2 Å². The van der Waals surface area contributed by atoms with E-state index in [4.69, 9.17) is 16.3 Å². The van der Waals surface area contributed by atoms with Crippen molar-refractivity contribution < 1.29 is 23.5 Å². The molecule has 4 aromatic rings. The van der Waals surface area contributed by atoms with Gasteiger partial charge >= 0.3 is 5.97 Å². The summed E-state index contributed by atoms with van der Waals surface area (Å²) >= 11 is 5.99. The molecule has 2 amide bonds. The number of aromatic nitrogens is 3. The van der Waals surface area contributed by atoms with Gasteiger partial charge in [0.1, 0.15) is 23.8 Å².